The summed E-state index contributed by atoms with van der Waals surface area (Å²) >= 11 is 0. The zero-order valence-electron chi connectivity index (χ0n) is 10.8. The summed E-state index contributed by atoms with van der Waals surface area (Å²) in [5.41, 5.74) is 1.56. The van der Waals surface area contributed by atoms with Gasteiger partial charge in [-0.25, -0.2) is 0 Å². The molecular formula is C13H19N3O2. The van der Waals surface area contributed by atoms with Crippen LogP contribution in [0.2, 0.25) is 0 Å². The Hall–Kier alpha value is -1.46. The topological polar surface area (TPSA) is 54.5 Å². The van der Waals surface area contributed by atoms with Gasteiger partial charge in [0, 0.05) is 37.1 Å². The minimum atomic E-state index is 0.0601. The summed E-state index contributed by atoms with van der Waals surface area (Å²) in [5, 5.41) is 3.07. The lowest BCUT2D eigenvalue weighted by atomic mass is 10.2. The first kappa shape index (κ1) is 13.0. The van der Waals surface area contributed by atoms with Crippen molar-refractivity contribution in [1.82, 2.24) is 15.2 Å². The molecule has 1 amide bonds. The molecule has 5 nitrogen and oxygen atoms in total. The molecule has 2 rings (SSSR count). The van der Waals surface area contributed by atoms with Crippen molar-refractivity contribution >= 4 is 5.91 Å². The average molecular weight is 249 g/mol. The average Bonchev–Trinajstić information content (AvgIpc) is 2.39. The second kappa shape index (κ2) is 5.93. The van der Waals surface area contributed by atoms with E-state index < -0.39 is 0 Å². The van der Waals surface area contributed by atoms with Crippen molar-refractivity contribution in [2.75, 3.05) is 33.3 Å². The van der Waals surface area contributed by atoms with E-state index in [4.69, 9.17) is 4.74 Å². The summed E-state index contributed by atoms with van der Waals surface area (Å²) in [6, 6.07) is 3.59. The molecule has 5 heteroatoms. The fraction of sp³-hybridized carbons (Fsp3) is 0.538. The second-order valence-corrected chi connectivity index (χ2v) is 4.49. The lowest BCUT2D eigenvalue weighted by Crippen LogP contribution is -2.48. The Labute approximate surface area is 107 Å². The molecule has 0 bridgehead atoms. The second-order valence-electron chi connectivity index (χ2n) is 4.49. The Morgan fingerprint density at radius 3 is 3.22 bits per heavy atom. The third-order valence-corrected chi connectivity index (χ3v) is 3.00. The van der Waals surface area contributed by atoms with Gasteiger partial charge >= 0.3 is 0 Å². The number of rotatable bonds is 3. The number of carbonyl (C=O) groups is 1. The van der Waals surface area contributed by atoms with E-state index in [0.717, 1.165) is 12.2 Å². The molecule has 0 saturated carbocycles. The van der Waals surface area contributed by atoms with Crippen LogP contribution in [0.5, 0.6) is 0 Å². The monoisotopic (exact) mass is 249 g/mol. The van der Waals surface area contributed by atoms with E-state index in [2.05, 4.69) is 10.3 Å². The van der Waals surface area contributed by atoms with Crippen molar-refractivity contribution in [3.8, 4) is 0 Å². The molecule has 0 aromatic carbocycles. The van der Waals surface area contributed by atoms with Crippen LogP contribution in [0.4, 0.5) is 0 Å². The quantitative estimate of drug-likeness (QED) is 0.845. The van der Waals surface area contributed by atoms with E-state index in [0.29, 0.717) is 25.3 Å². The van der Waals surface area contributed by atoms with Gasteiger partial charge in [-0.15, -0.1) is 0 Å². The van der Waals surface area contributed by atoms with Crippen LogP contribution in [0.25, 0.3) is 0 Å². The molecular weight excluding hydrogens is 230 g/mol. The number of ether oxygens (including phenoxy) is 1. The molecule has 0 spiro atoms. The summed E-state index contributed by atoms with van der Waals surface area (Å²) < 4.78 is 5.59. The minimum Gasteiger partial charge on any atom is -0.373 e. The fourth-order valence-corrected chi connectivity index (χ4v) is 2.12. The number of aryl methyl sites for hydroxylation is 1. The predicted molar refractivity (Wildman–Crippen MR) is 68.5 cm³/mol. The number of hydrogen-bond donors (Lipinski definition) is 1. The van der Waals surface area contributed by atoms with Crippen LogP contribution in [-0.2, 0) is 4.74 Å². The molecule has 1 aliphatic rings. The zero-order valence-corrected chi connectivity index (χ0v) is 10.8. The maximum Gasteiger partial charge on any atom is 0.254 e. The molecule has 98 valence electrons. The third-order valence-electron chi connectivity index (χ3n) is 3.00. The number of nitrogens with one attached hydrogen (secondary N) is 1. The van der Waals surface area contributed by atoms with Crippen LogP contribution in [0.3, 0.4) is 0 Å². The summed E-state index contributed by atoms with van der Waals surface area (Å²) in [6.07, 6.45) is 1.75. The zero-order chi connectivity index (χ0) is 13.0. The molecule has 1 aromatic heterocycles. The first-order valence-electron chi connectivity index (χ1n) is 6.19. The standard InChI is InChI=1S/C13H19N3O2/c1-10-7-11(3-4-15-10)13(17)16-5-6-18-12(9-16)8-14-2/h3-4,7,12,14H,5-6,8-9H2,1-2H3. The van der Waals surface area contributed by atoms with Crippen LogP contribution in [0.15, 0.2) is 18.3 Å². The largest absolute Gasteiger partial charge is 0.373 e. The molecule has 0 radical (unpaired) electrons. The van der Waals surface area contributed by atoms with Crippen molar-refractivity contribution in [3.05, 3.63) is 29.6 Å². The van der Waals surface area contributed by atoms with Gasteiger partial charge in [0.2, 0.25) is 0 Å². The molecule has 1 saturated heterocycles. The SMILES string of the molecule is CNCC1CN(C(=O)c2ccnc(C)c2)CCO1. The highest BCUT2D eigenvalue weighted by Crippen LogP contribution is 2.10. The van der Waals surface area contributed by atoms with E-state index in [9.17, 15) is 4.79 Å². The Kier molecular flexibility index (Phi) is 4.28. The van der Waals surface area contributed by atoms with Gasteiger partial charge in [-0.1, -0.05) is 0 Å². The minimum absolute atomic E-state index is 0.0601. The molecule has 1 aliphatic heterocycles. The van der Waals surface area contributed by atoms with Gasteiger partial charge in [0.05, 0.1) is 12.7 Å². The van der Waals surface area contributed by atoms with Crippen LogP contribution in [-0.4, -0.2) is 55.2 Å². The maximum atomic E-state index is 12.3. The Morgan fingerprint density at radius 1 is 1.67 bits per heavy atom. The van der Waals surface area contributed by atoms with Crippen LogP contribution < -0.4 is 5.32 Å². The predicted octanol–water partition coefficient (Wildman–Crippen LogP) is 0.450. The van der Waals surface area contributed by atoms with Gasteiger partial charge in [-0.05, 0) is 26.1 Å². The van der Waals surface area contributed by atoms with Crippen molar-refractivity contribution in [1.29, 1.82) is 0 Å². The molecule has 18 heavy (non-hydrogen) atoms. The molecule has 2 heterocycles. The lowest BCUT2D eigenvalue weighted by molar-refractivity contribution is -0.0196. The van der Waals surface area contributed by atoms with Gasteiger partial charge in [0.25, 0.3) is 5.91 Å². The molecule has 1 atom stereocenters. The lowest BCUT2D eigenvalue weighted by Gasteiger charge is -2.33. The Morgan fingerprint density at radius 2 is 2.50 bits per heavy atom. The Bertz CT molecular complexity index is 420. The highest BCUT2D eigenvalue weighted by Gasteiger charge is 2.24. The first-order chi connectivity index (χ1) is 8.70. The van der Waals surface area contributed by atoms with Gasteiger partial charge in [0.15, 0.2) is 0 Å². The molecule has 1 unspecified atom stereocenters. The van der Waals surface area contributed by atoms with Crippen molar-refractivity contribution in [2.24, 2.45) is 0 Å². The van der Waals surface area contributed by atoms with Crippen LogP contribution in [0, 0.1) is 6.92 Å². The number of nitrogens with zero attached hydrogens (tertiary/aromatic N) is 2. The fourth-order valence-electron chi connectivity index (χ4n) is 2.12. The number of aromatic nitrogens is 1. The van der Waals surface area contributed by atoms with E-state index in [1.807, 2.05) is 24.9 Å². The first-order valence-corrected chi connectivity index (χ1v) is 6.19. The molecule has 1 aromatic rings. The highest BCUT2D eigenvalue weighted by atomic mass is 16.5. The smallest absolute Gasteiger partial charge is 0.254 e. The summed E-state index contributed by atoms with van der Waals surface area (Å²) in [5.74, 6) is 0.0601. The number of likely N-dealkylation sites (N-methyl/N-ethyl adjacent to an activating group) is 1. The van der Waals surface area contributed by atoms with E-state index in [1.165, 1.54) is 0 Å². The number of amides is 1. The van der Waals surface area contributed by atoms with Crippen LogP contribution >= 0.6 is 0 Å². The van der Waals surface area contributed by atoms with Crippen molar-refractivity contribution in [2.45, 2.75) is 13.0 Å². The van der Waals surface area contributed by atoms with Crippen molar-refractivity contribution in [3.63, 3.8) is 0 Å². The molecule has 1 N–H and O–H groups in total. The number of hydrogen-bond acceptors (Lipinski definition) is 4. The van der Waals surface area contributed by atoms with Gasteiger partial charge in [-0.2, -0.15) is 0 Å². The normalized spacial score (nSPS) is 19.9. The Balaban J connectivity index is 2.04. The van der Waals surface area contributed by atoms with E-state index >= 15 is 0 Å². The molecule has 0 aliphatic carbocycles. The van der Waals surface area contributed by atoms with E-state index in [1.54, 1.807) is 12.3 Å². The summed E-state index contributed by atoms with van der Waals surface area (Å²) in [4.78, 5) is 18.3. The number of pyridine rings is 1. The van der Waals surface area contributed by atoms with Gasteiger partial charge < -0.3 is 15.0 Å². The summed E-state index contributed by atoms with van der Waals surface area (Å²) in [7, 11) is 1.89. The number of morpholine rings is 1. The van der Waals surface area contributed by atoms with E-state index in [-0.39, 0.29) is 12.0 Å². The molecule has 1 fully saturated rings. The van der Waals surface area contributed by atoms with Crippen molar-refractivity contribution < 1.29 is 9.53 Å². The van der Waals surface area contributed by atoms with Gasteiger partial charge in [0.1, 0.15) is 0 Å². The number of carbonyl (C=O) groups excluding carboxylic acids is 1. The highest BCUT2D eigenvalue weighted by molar-refractivity contribution is 5.94. The maximum absolute atomic E-state index is 12.3. The summed E-state index contributed by atoms with van der Waals surface area (Å²) in [6.45, 7) is 4.54. The van der Waals surface area contributed by atoms with Gasteiger partial charge in [-0.3, -0.25) is 9.78 Å². The third kappa shape index (κ3) is 3.05. The van der Waals surface area contributed by atoms with Crippen LogP contribution in [0.1, 0.15) is 16.1 Å².